The number of methoxy groups -OCH3 is 1. The number of imidazole rings is 1. The molecule has 2 N–H and O–H groups in total. The molecule has 10 nitrogen and oxygen atoms in total. The first-order chi connectivity index (χ1) is 19.0. The van der Waals surface area contributed by atoms with Crippen molar-refractivity contribution in [3.05, 3.63) is 60.6 Å². The first-order valence-electron chi connectivity index (χ1n) is 12.7. The van der Waals surface area contributed by atoms with Gasteiger partial charge in [0, 0.05) is 24.2 Å². The van der Waals surface area contributed by atoms with Crippen molar-refractivity contribution >= 4 is 75.1 Å². The molecule has 1 aliphatic rings. The van der Waals surface area contributed by atoms with E-state index in [9.17, 15) is 14.4 Å². The molecule has 0 aliphatic carbocycles. The standard InChI is InChI=1S/C27H31ClIN5O5S/c1-27(2,3)39-26(37)30-17-9-7-12-33(15-17)25-32-22(29)20(34(25)14-16-8-5-6-10-18(16)28)23(35)31-19-11-13-40-21(19)24(36)38-4/h5-6,8,10-11,13,17H,7,9,12,14-15H2,1-4H3,(H,30,37)(H,31,35)/t17-/m1/s1. The zero-order valence-corrected chi connectivity index (χ0v) is 26.4. The number of esters is 1. The van der Waals surface area contributed by atoms with E-state index < -0.39 is 23.6 Å². The number of carbonyl (C=O) groups excluding carboxylic acids is 3. The predicted octanol–water partition coefficient (Wildman–Crippen LogP) is 5.78. The third-order valence-electron chi connectivity index (χ3n) is 6.12. The lowest BCUT2D eigenvalue weighted by Crippen LogP contribution is -2.49. The largest absolute Gasteiger partial charge is 0.465 e. The number of nitrogens with one attached hydrogen (secondary N) is 2. The van der Waals surface area contributed by atoms with E-state index in [1.807, 2.05) is 66.1 Å². The Balaban J connectivity index is 1.66. The number of aromatic nitrogens is 2. The highest BCUT2D eigenvalue weighted by Crippen LogP contribution is 2.30. The van der Waals surface area contributed by atoms with E-state index in [2.05, 4.69) is 15.5 Å². The number of amides is 2. The van der Waals surface area contributed by atoms with Crippen molar-refractivity contribution < 1.29 is 23.9 Å². The lowest BCUT2D eigenvalue weighted by atomic mass is 10.1. The van der Waals surface area contributed by atoms with E-state index in [1.165, 1.54) is 18.4 Å². The van der Waals surface area contributed by atoms with Gasteiger partial charge < -0.3 is 29.6 Å². The lowest BCUT2D eigenvalue weighted by molar-refractivity contribution is 0.0498. The molecule has 40 heavy (non-hydrogen) atoms. The van der Waals surface area contributed by atoms with Crippen molar-refractivity contribution in [2.45, 2.75) is 51.8 Å². The number of ether oxygens (including phenoxy) is 2. The summed E-state index contributed by atoms with van der Waals surface area (Å²) >= 11 is 9.74. The summed E-state index contributed by atoms with van der Waals surface area (Å²) in [7, 11) is 1.30. The molecule has 3 aromatic rings. The van der Waals surface area contributed by atoms with E-state index in [0.717, 1.165) is 18.4 Å². The molecule has 1 saturated heterocycles. The molecule has 0 bridgehead atoms. The molecule has 13 heteroatoms. The van der Waals surface area contributed by atoms with Crippen LogP contribution in [0.3, 0.4) is 0 Å². The van der Waals surface area contributed by atoms with Crippen LogP contribution in [0.2, 0.25) is 5.02 Å². The molecule has 0 spiro atoms. The average molecular weight is 700 g/mol. The highest BCUT2D eigenvalue weighted by atomic mass is 127. The fraction of sp³-hybridized carbons (Fsp3) is 0.407. The number of alkyl carbamates (subject to hydrolysis) is 1. The SMILES string of the molecule is COC(=O)c1sccc1NC(=O)c1c(I)nc(N2CCC[C@@H](NC(=O)OC(C)(C)C)C2)n1Cc1ccccc1Cl. The molecule has 1 aliphatic heterocycles. The van der Waals surface area contributed by atoms with Gasteiger partial charge in [-0.25, -0.2) is 14.6 Å². The van der Waals surface area contributed by atoms with Crippen molar-refractivity contribution in [1.82, 2.24) is 14.9 Å². The Morgan fingerprint density at radius 2 is 1.98 bits per heavy atom. The highest BCUT2D eigenvalue weighted by molar-refractivity contribution is 14.1. The van der Waals surface area contributed by atoms with Crippen LogP contribution in [0.25, 0.3) is 0 Å². The van der Waals surface area contributed by atoms with Gasteiger partial charge in [-0.05, 0) is 79.3 Å². The number of hydrogen-bond donors (Lipinski definition) is 2. The Bertz CT molecular complexity index is 1400. The normalized spacial score (nSPS) is 15.4. The minimum absolute atomic E-state index is 0.155. The van der Waals surface area contributed by atoms with Crippen LogP contribution in [-0.4, -0.2) is 59.4 Å². The molecule has 0 radical (unpaired) electrons. The second-order valence-electron chi connectivity index (χ2n) is 10.3. The van der Waals surface area contributed by atoms with Crippen LogP contribution in [0.15, 0.2) is 35.7 Å². The molecule has 214 valence electrons. The Morgan fingerprint density at radius 1 is 1.23 bits per heavy atom. The van der Waals surface area contributed by atoms with Crippen molar-refractivity contribution in [1.29, 1.82) is 0 Å². The third kappa shape index (κ3) is 7.26. The van der Waals surface area contributed by atoms with Crippen LogP contribution in [0.1, 0.15) is 59.3 Å². The summed E-state index contributed by atoms with van der Waals surface area (Å²) in [6, 6.07) is 8.94. The Labute approximate surface area is 255 Å². The van der Waals surface area contributed by atoms with Gasteiger partial charge in [0.15, 0.2) is 0 Å². The maximum Gasteiger partial charge on any atom is 0.407 e. The minimum atomic E-state index is -0.599. The molecule has 3 heterocycles. The van der Waals surface area contributed by atoms with Gasteiger partial charge in [0.25, 0.3) is 5.91 Å². The summed E-state index contributed by atoms with van der Waals surface area (Å²) < 4.78 is 12.6. The molecule has 1 aromatic carbocycles. The van der Waals surface area contributed by atoms with Crippen LogP contribution >= 0.6 is 45.5 Å². The van der Waals surface area contributed by atoms with Gasteiger partial charge in [-0.1, -0.05) is 29.8 Å². The zero-order valence-electron chi connectivity index (χ0n) is 22.6. The zero-order chi connectivity index (χ0) is 29.0. The number of halogens is 2. The topological polar surface area (TPSA) is 115 Å². The summed E-state index contributed by atoms with van der Waals surface area (Å²) in [5.74, 6) is -0.357. The fourth-order valence-electron chi connectivity index (χ4n) is 4.41. The smallest absolute Gasteiger partial charge is 0.407 e. The maximum absolute atomic E-state index is 13.7. The number of carbonyl (C=O) groups is 3. The molecule has 2 amide bonds. The van der Waals surface area contributed by atoms with Crippen LogP contribution < -0.4 is 15.5 Å². The van der Waals surface area contributed by atoms with Crippen molar-refractivity contribution in [3.63, 3.8) is 0 Å². The second-order valence-corrected chi connectivity index (χ2v) is 12.6. The molecule has 1 atom stereocenters. The Hall–Kier alpha value is -2.84. The number of piperidine rings is 1. The first-order valence-corrected chi connectivity index (χ1v) is 15.0. The van der Waals surface area contributed by atoms with E-state index in [-0.39, 0.29) is 6.04 Å². The molecular formula is C27H31ClIN5O5S. The van der Waals surface area contributed by atoms with E-state index in [1.54, 1.807) is 17.5 Å². The van der Waals surface area contributed by atoms with Crippen LogP contribution in [-0.2, 0) is 16.0 Å². The van der Waals surface area contributed by atoms with Gasteiger partial charge in [0.1, 0.15) is 19.9 Å². The average Bonchev–Trinajstić information content (AvgIpc) is 3.47. The van der Waals surface area contributed by atoms with Crippen molar-refractivity contribution in [2.75, 3.05) is 30.4 Å². The summed E-state index contributed by atoms with van der Waals surface area (Å²) in [6.07, 6.45) is 1.14. The van der Waals surface area contributed by atoms with E-state index >= 15 is 0 Å². The summed E-state index contributed by atoms with van der Waals surface area (Å²) in [6.45, 7) is 6.95. The lowest BCUT2D eigenvalue weighted by Gasteiger charge is -2.34. The Kier molecular flexibility index (Phi) is 9.62. The van der Waals surface area contributed by atoms with Crippen LogP contribution in [0, 0.1) is 3.70 Å². The first kappa shape index (κ1) is 30.1. The number of hydrogen-bond acceptors (Lipinski definition) is 8. The molecule has 4 rings (SSSR count). The number of nitrogens with zero attached hydrogens (tertiary/aromatic N) is 3. The van der Waals surface area contributed by atoms with Crippen molar-refractivity contribution in [2.24, 2.45) is 0 Å². The fourth-order valence-corrected chi connectivity index (χ4v) is 6.12. The minimum Gasteiger partial charge on any atom is -0.465 e. The number of rotatable bonds is 7. The molecule has 0 unspecified atom stereocenters. The van der Waals surface area contributed by atoms with E-state index in [4.69, 9.17) is 26.1 Å². The van der Waals surface area contributed by atoms with Crippen molar-refractivity contribution in [3.8, 4) is 0 Å². The van der Waals surface area contributed by atoms with Crippen LogP contribution in [0.4, 0.5) is 16.4 Å². The van der Waals surface area contributed by atoms with Crippen LogP contribution in [0.5, 0.6) is 0 Å². The maximum atomic E-state index is 13.7. The summed E-state index contributed by atoms with van der Waals surface area (Å²) in [5.41, 5.74) is 0.918. The third-order valence-corrected chi connectivity index (χ3v) is 8.13. The summed E-state index contributed by atoms with van der Waals surface area (Å²) in [4.78, 5) is 45.5. The number of thiophene rings is 1. The predicted molar refractivity (Wildman–Crippen MR) is 164 cm³/mol. The number of benzene rings is 1. The summed E-state index contributed by atoms with van der Waals surface area (Å²) in [5, 5.41) is 8.10. The quantitative estimate of drug-likeness (QED) is 0.237. The monoisotopic (exact) mass is 699 g/mol. The highest BCUT2D eigenvalue weighted by Gasteiger charge is 2.31. The van der Waals surface area contributed by atoms with Gasteiger partial charge in [0.2, 0.25) is 5.95 Å². The molecule has 0 saturated carbocycles. The van der Waals surface area contributed by atoms with Gasteiger partial charge in [-0.2, -0.15) is 0 Å². The molecule has 1 fully saturated rings. The second kappa shape index (κ2) is 12.8. The number of anilines is 2. The molecule has 2 aromatic heterocycles. The van der Waals surface area contributed by atoms with Gasteiger partial charge >= 0.3 is 12.1 Å². The van der Waals surface area contributed by atoms with E-state index in [0.29, 0.717) is 50.6 Å². The van der Waals surface area contributed by atoms with Gasteiger partial charge in [-0.3, -0.25) is 4.79 Å². The van der Waals surface area contributed by atoms with Gasteiger partial charge in [-0.15, -0.1) is 11.3 Å². The van der Waals surface area contributed by atoms with Gasteiger partial charge in [0.05, 0.1) is 19.3 Å². The Morgan fingerprint density at radius 3 is 2.67 bits per heavy atom. The molecular weight excluding hydrogens is 669 g/mol.